The van der Waals surface area contributed by atoms with Crippen molar-refractivity contribution < 1.29 is 14.6 Å². The van der Waals surface area contributed by atoms with Crippen LogP contribution in [0.25, 0.3) is 0 Å². The Hall–Kier alpha value is -0.610. The van der Waals surface area contributed by atoms with Gasteiger partial charge in [0.25, 0.3) is 0 Å². The first-order chi connectivity index (χ1) is 6.61. The van der Waals surface area contributed by atoms with E-state index in [1.54, 1.807) is 0 Å². The van der Waals surface area contributed by atoms with Gasteiger partial charge in [-0.2, -0.15) is 0 Å². The van der Waals surface area contributed by atoms with E-state index in [1.807, 2.05) is 18.7 Å². The minimum atomic E-state index is -0.185. The average molecular weight is 201 g/mol. The lowest BCUT2D eigenvalue weighted by atomic mass is 9.94. The molecule has 14 heavy (non-hydrogen) atoms. The highest BCUT2D eigenvalue weighted by molar-refractivity contribution is 5.76. The Morgan fingerprint density at radius 1 is 1.64 bits per heavy atom. The highest BCUT2D eigenvalue weighted by atomic mass is 16.5. The molecule has 0 aromatic heterocycles. The van der Waals surface area contributed by atoms with Gasteiger partial charge in [0.2, 0.25) is 0 Å². The van der Waals surface area contributed by atoms with Crippen molar-refractivity contribution in [1.82, 2.24) is 4.90 Å². The molecular weight excluding hydrogens is 182 g/mol. The SMILES string of the molecule is COC(=O)C1CCN1C(CO)C(C)C. The van der Waals surface area contributed by atoms with Crippen LogP contribution in [0.1, 0.15) is 20.3 Å². The van der Waals surface area contributed by atoms with E-state index in [1.165, 1.54) is 7.11 Å². The first-order valence-electron chi connectivity index (χ1n) is 5.06. The molecule has 2 atom stereocenters. The predicted octanol–water partition coefficient (Wildman–Crippen LogP) is 0.251. The second-order valence-corrected chi connectivity index (χ2v) is 4.06. The fourth-order valence-corrected chi connectivity index (χ4v) is 1.89. The molecule has 0 amide bonds. The van der Waals surface area contributed by atoms with Gasteiger partial charge in [-0.05, 0) is 12.3 Å². The summed E-state index contributed by atoms with van der Waals surface area (Å²) in [6.07, 6.45) is 0.843. The summed E-state index contributed by atoms with van der Waals surface area (Å²) in [5.74, 6) is 0.169. The normalized spacial score (nSPS) is 24.5. The number of esters is 1. The van der Waals surface area contributed by atoms with E-state index < -0.39 is 0 Å². The maximum Gasteiger partial charge on any atom is 0.323 e. The molecule has 1 fully saturated rings. The van der Waals surface area contributed by atoms with Crippen molar-refractivity contribution in [3.63, 3.8) is 0 Å². The van der Waals surface area contributed by atoms with Crippen molar-refractivity contribution in [3.8, 4) is 0 Å². The Balaban J connectivity index is 2.56. The molecule has 82 valence electrons. The van der Waals surface area contributed by atoms with Crippen LogP contribution in [0.3, 0.4) is 0 Å². The molecule has 1 aliphatic rings. The summed E-state index contributed by atoms with van der Waals surface area (Å²) in [4.78, 5) is 13.3. The number of rotatable bonds is 4. The van der Waals surface area contributed by atoms with Crippen LogP contribution in [-0.2, 0) is 9.53 Å². The number of hydrogen-bond acceptors (Lipinski definition) is 4. The van der Waals surface area contributed by atoms with E-state index in [0.29, 0.717) is 5.92 Å². The number of aliphatic hydroxyl groups is 1. The standard InChI is InChI=1S/C10H19NO3/c1-7(2)9(6-12)11-5-4-8(11)10(13)14-3/h7-9,12H,4-6H2,1-3H3. The summed E-state index contributed by atoms with van der Waals surface area (Å²) in [6.45, 7) is 5.08. The fraction of sp³-hybridized carbons (Fsp3) is 0.900. The Labute approximate surface area is 84.8 Å². The average Bonchev–Trinajstić information content (AvgIpc) is 2.10. The molecule has 0 bridgehead atoms. The van der Waals surface area contributed by atoms with Crippen LogP contribution in [-0.4, -0.2) is 48.3 Å². The Morgan fingerprint density at radius 2 is 2.29 bits per heavy atom. The second kappa shape index (κ2) is 4.75. The molecular formula is C10H19NO3. The molecule has 0 spiro atoms. The van der Waals surface area contributed by atoms with Gasteiger partial charge in [-0.25, -0.2) is 0 Å². The Bertz CT molecular complexity index is 206. The lowest BCUT2D eigenvalue weighted by Gasteiger charge is -2.45. The first-order valence-corrected chi connectivity index (χ1v) is 5.06. The van der Waals surface area contributed by atoms with Gasteiger partial charge in [0.15, 0.2) is 0 Å². The van der Waals surface area contributed by atoms with E-state index in [0.717, 1.165) is 13.0 Å². The van der Waals surface area contributed by atoms with Gasteiger partial charge in [0.1, 0.15) is 6.04 Å². The molecule has 1 rings (SSSR count). The lowest BCUT2D eigenvalue weighted by molar-refractivity contribution is -0.155. The predicted molar refractivity (Wildman–Crippen MR) is 52.8 cm³/mol. The maximum atomic E-state index is 11.3. The number of methoxy groups -OCH3 is 1. The van der Waals surface area contributed by atoms with Crippen molar-refractivity contribution >= 4 is 5.97 Å². The number of nitrogens with zero attached hydrogens (tertiary/aromatic N) is 1. The molecule has 1 N–H and O–H groups in total. The van der Waals surface area contributed by atoms with Gasteiger partial charge in [-0.3, -0.25) is 9.69 Å². The number of aliphatic hydroxyl groups excluding tert-OH is 1. The number of carbonyl (C=O) groups is 1. The summed E-state index contributed by atoms with van der Waals surface area (Å²) in [5, 5.41) is 9.21. The van der Waals surface area contributed by atoms with E-state index in [9.17, 15) is 9.90 Å². The van der Waals surface area contributed by atoms with Gasteiger partial charge in [0, 0.05) is 12.6 Å². The van der Waals surface area contributed by atoms with Crippen molar-refractivity contribution in [2.24, 2.45) is 5.92 Å². The van der Waals surface area contributed by atoms with E-state index in [2.05, 4.69) is 0 Å². The van der Waals surface area contributed by atoms with Crippen molar-refractivity contribution in [3.05, 3.63) is 0 Å². The third-order valence-corrected chi connectivity index (χ3v) is 2.92. The minimum Gasteiger partial charge on any atom is -0.468 e. The molecule has 4 nitrogen and oxygen atoms in total. The molecule has 0 radical (unpaired) electrons. The van der Waals surface area contributed by atoms with Crippen LogP contribution in [0.15, 0.2) is 0 Å². The fourth-order valence-electron chi connectivity index (χ4n) is 1.89. The van der Waals surface area contributed by atoms with E-state index in [4.69, 9.17) is 4.74 Å². The summed E-state index contributed by atoms with van der Waals surface area (Å²) < 4.78 is 4.70. The molecule has 1 saturated heterocycles. The molecule has 0 aromatic rings. The van der Waals surface area contributed by atoms with Gasteiger partial charge >= 0.3 is 5.97 Å². The van der Waals surface area contributed by atoms with Crippen molar-refractivity contribution in [1.29, 1.82) is 0 Å². The smallest absolute Gasteiger partial charge is 0.323 e. The van der Waals surface area contributed by atoms with Crippen LogP contribution >= 0.6 is 0 Å². The third kappa shape index (κ3) is 2.07. The molecule has 0 aromatic carbocycles. The highest BCUT2D eigenvalue weighted by Gasteiger charge is 2.39. The maximum absolute atomic E-state index is 11.3. The first kappa shape index (κ1) is 11.5. The van der Waals surface area contributed by atoms with Crippen LogP contribution in [0, 0.1) is 5.92 Å². The molecule has 0 saturated carbocycles. The number of hydrogen-bond donors (Lipinski definition) is 1. The molecule has 0 aliphatic carbocycles. The highest BCUT2D eigenvalue weighted by Crippen LogP contribution is 2.25. The number of likely N-dealkylation sites (tertiary alicyclic amines) is 1. The van der Waals surface area contributed by atoms with Gasteiger partial charge < -0.3 is 9.84 Å². The molecule has 1 heterocycles. The number of carbonyl (C=O) groups excluding carboxylic acids is 1. The van der Waals surface area contributed by atoms with Gasteiger partial charge in [0.05, 0.1) is 13.7 Å². The van der Waals surface area contributed by atoms with Crippen LogP contribution in [0.5, 0.6) is 0 Å². The quantitative estimate of drug-likeness (QED) is 0.662. The van der Waals surface area contributed by atoms with Crippen molar-refractivity contribution in [2.75, 3.05) is 20.3 Å². The molecule has 1 aliphatic heterocycles. The summed E-state index contributed by atoms with van der Waals surface area (Å²) in [7, 11) is 1.40. The van der Waals surface area contributed by atoms with Crippen molar-refractivity contribution in [2.45, 2.75) is 32.4 Å². The van der Waals surface area contributed by atoms with E-state index >= 15 is 0 Å². The summed E-state index contributed by atoms with van der Waals surface area (Å²) in [5.41, 5.74) is 0. The zero-order valence-corrected chi connectivity index (χ0v) is 9.06. The van der Waals surface area contributed by atoms with Crippen LogP contribution in [0.4, 0.5) is 0 Å². The minimum absolute atomic E-state index is 0.0767. The molecule has 2 unspecified atom stereocenters. The summed E-state index contributed by atoms with van der Waals surface area (Å²) in [6, 6.07) is -0.0626. The van der Waals surface area contributed by atoms with Crippen LogP contribution < -0.4 is 0 Å². The van der Waals surface area contributed by atoms with E-state index in [-0.39, 0.29) is 24.7 Å². The van der Waals surface area contributed by atoms with Crippen LogP contribution in [0.2, 0.25) is 0 Å². The second-order valence-electron chi connectivity index (χ2n) is 4.06. The van der Waals surface area contributed by atoms with Gasteiger partial charge in [-0.1, -0.05) is 13.8 Å². The number of ether oxygens (including phenoxy) is 1. The largest absolute Gasteiger partial charge is 0.468 e. The monoisotopic (exact) mass is 201 g/mol. The third-order valence-electron chi connectivity index (χ3n) is 2.92. The Kier molecular flexibility index (Phi) is 3.89. The lowest BCUT2D eigenvalue weighted by Crippen LogP contribution is -2.59. The Morgan fingerprint density at radius 3 is 2.57 bits per heavy atom. The molecule has 4 heteroatoms. The summed E-state index contributed by atoms with van der Waals surface area (Å²) >= 11 is 0. The topological polar surface area (TPSA) is 49.8 Å². The van der Waals surface area contributed by atoms with Gasteiger partial charge in [-0.15, -0.1) is 0 Å². The zero-order chi connectivity index (χ0) is 10.7. The zero-order valence-electron chi connectivity index (χ0n) is 9.06.